The molecule has 0 aromatic heterocycles. The summed E-state index contributed by atoms with van der Waals surface area (Å²) in [4.78, 5) is 11.7. The van der Waals surface area contributed by atoms with Gasteiger partial charge in [0, 0.05) is 24.4 Å². The molecule has 1 aromatic carbocycles. The van der Waals surface area contributed by atoms with Crippen molar-refractivity contribution in [3.05, 3.63) is 29.6 Å². The molecule has 106 valence electrons. The first-order valence-corrected chi connectivity index (χ1v) is 6.00. The molecule has 0 aliphatic rings. The van der Waals surface area contributed by atoms with Crippen LogP contribution in [0.15, 0.2) is 12.1 Å². The summed E-state index contributed by atoms with van der Waals surface area (Å²) in [6, 6.07) is 0.943. The summed E-state index contributed by atoms with van der Waals surface area (Å²) in [7, 11) is 0. The molecule has 19 heavy (non-hydrogen) atoms. The lowest BCUT2D eigenvalue weighted by Gasteiger charge is -2.16. The summed E-state index contributed by atoms with van der Waals surface area (Å²) >= 11 is 0. The Bertz CT molecular complexity index is 440. The number of rotatable bonds is 5. The zero-order valence-electron chi connectivity index (χ0n) is 11.1. The summed E-state index contributed by atoms with van der Waals surface area (Å²) < 4.78 is 38.7. The summed E-state index contributed by atoms with van der Waals surface area (Å²) in [5, 5.41) is 5.30. The number of amides is 1. The van der Waals surface area contributed by atoms with Crippen LogP contribution in [0.25, 0.3) is 0 Å². The van der Waals surface area contributed by atoms with Gasteiger partial charge in [0.25, 0.3) is 0 Å². The van der Waals surface area contributed by atoms with E-state index in [1.807, 2.05) is 13.8 Å². The first-order chi connectivity index (χ1) is 8.81. The highest BCUT2D eigenvalue weighted by molar-refractivity contribution is 5.84. The standard InChI is InChI=1S/C13H17F3N2O/c1-7(2)6-17-13(19)8(3)18-9-4-10(14)12(16)11(15)5-9/h4-5,7-8,18H,6H2,1-3H3,(H,17,19). The summed E-state index contributed by atoms with van der Waals surface area (Å²) in [5.41, 5.74) is 0.0172. The van der Waals surface area contributed by atoms with Crippen molar-refractivity contribution in [2.75, 3.05) is 11.9 Å². The van der Waals surface area contributed by atoms with Gasteiger partial charge in [0.05, 0.1) is 0 Å². The van der Waals surface area contributed by atoms with Crippen LogP contribution in [0.5, 0.6) is 0 Å². The van der Waals surface area contributed by atoms with Crippen LogP contribution < -0.4 is 10.6 Å². The van der Waals surface area contributed by atoms with Gasteiger partial charge in [-0.3, -0.25) is 4.79 Å². The van der Waals surface area contributed by atoms with Gasteiger partial charge in [-0.05, 0) is 12.8 Å². The van der Waals surface area contributed by atoms with E-state index in [4.69, 9.17) is 0 Å². The molecule has 3 nitrogen and oxygen atoms in total. The molecule has 0 saturated heterocycles. The minimum Gasteiger partial charge on any atom is -0.374 e. The maximum Gasteiger partial charge on any atom is 0.242 e. The van der Waals surface area contributed by atoms with Crippen molar-refractivity contribution in [2.24, 2.45) is 5.92 Å². The maximum atomic E-state index is 13.0. The van der Waals surface area contributed by atoms with Crippen molar-refractivity contribution in [2.45, 2.75) is 26.8 Å². The van der Waals surface area contributed by atoms with Crippen LogP contribution in [-0.4, -0.2) is 18.5 Å². The van der Waals surface area contributed by atoms with Gasteiger partial charge >= 0.3 is 0 Å². The Morgan fingerprint density at radius 2 is 1.68 bits per heavy atom. The van der Waals surface area contributed by atoms with Gasteiger partial charge in [0.15, 0.2) is 17.5 Å². The molecule has 1 aromatic rings. The van der Waals surface area contributed by atoms with Crippen molar-refractivity contribution in [1.29, 1.82) is 0 Å². The minimum atomic E-state index is -1.53. The van der Waals surface area contributed by atoms with Crippen LogP contribution in [0.1, 0.15) is 20.8 Å². The molecule has 1 rings (SSSR count). The third kappa shape index (κ3) is 4.46. The van der Waals surface area contributed by atoms with Crippen LogP contribution in [-0.2, 0) is 4.79 Å². The normalized spacial score (nSPS) is 12.4. The number of benzene rings is 1. The van der Waals surface area contributed by atoms with Crippen molar-refractivity contribution < 1.29 is 18.0 Å². The fourth-order valence-electron chi connectivity index (χ4n) is 1.41. The molecule has 0 saturated carbocycles. The number of carbonyl (C=O) groups is 1. The fraction of sp³-hybridized carbons (Fsp3) is 0.462. The predicted octanol–water partition coefficient (Wildman–Crippen LogP) is 2.68. The molecule has 0 heterocycles. The number of nitrogens with one attached hydrogen (secondary N) is 2. The van der Waals surface area contributed by atoms with Crippen molar-refractivity contribution in [3.63, 3.8) is 0 Å². The Morgan fingerprint density at radius 3 is 2.16 bits per heavy atom. The molecule has 1 atom stereocenters. The highest BCUT2D eigenvalue weighted by atomic mass is 19.2. The van der Waals surface area contributed by atoms with Crippen molar-refractivity contribution in [3.8, 4) is 0 Å². The Kier molecular flexibility index (Phi) is 5.20. The summed E-state index contributed by atoms with van der Waals surface area (Å²) in [6.07, 6.45) is 0. The number of halogens is 3. The van der Waals surface area contributed by atoms with Crippen LogP contribution in [0, 0.1) is 23.4 Å². The van der Waals surface area contributed by atoms with Gasteiger partial charge in [-0.25, -0.2) is 13.2 Å². The predicted molar refractivity (Wildman–Crippen MR) is 67.2 cm³/mol. The molecular weight excluding hydrogens is 257 g/mol. The first-order valence-electron chi connectivity index (χ1n) is 6.00. The average molecular weight is 274 g/mol. The lowest BCUT2D eigenvalue weighted by atomic mass is 10.2. The largest absolute Gasteiger partial charge is 0.374 e. The minimum absolute atomic E-state index is 0.0172. The second kappa shape index (κ2) is 6.45. The molecular formula is C13H17F3N2O. The van der Waals surface area contributed by atoms with Crippen LogP contribution >= 0.6 is 0 Å². The Morgan fingerprint density at radius 1 is 1.16 bits per heavy atom. The maximum absolute atomic E-state index is 13.0. The Balaban J connectivity index is 2.66. The average Bonchev–Trinajstić information content (AvgIpc) is 2.32. The van der Waals surface area contributed by atoms with E-state index >= 15 is 0 Å². The zero-order valence-corrected chi connectivity index (χ0v) is 11.1. The molecule has 1 amide bonds. The van der Waals surface area contributed by atoms with Crippen LogP contribution in [0.2, 0.25) is 0 Å². The molecule has 0 aliphatic heterocycles. The molecule has 0 fully saturated rings. The van der Waals surface area contributed by atoms with E-state index in [2.05, 4.69) is 10.6 Å². The lowest BCUT2D eigenvalue weighted by molar-refractivity contribution is -0.121. The molecule has 0 bridgehead atoms. The monoisotopic (exact) mass is 274 g/mol. The smallest absolute Gasteiger partial charge is 0.242 e. The van der Waals surface area contributed by atoms with E-state index in [9.17, 15) is 18.0 Å². The lowest BCUT2D eigenvalue weighted by Crippen LogP contribution is -2.39. The number of carbonyl (C=O) groups excluding carboxylic acids is 1. The molecule has 0 radical (unpaired) electrons. The number of hydrogen-bond acceptors (Lipinski definition) is 2. The zero-order chi connectivity index (χ0) is 14.6. The third-order valence-corrected chi connectivity index (χ3v) is 2.44. The van der Waals surface area contributed by atoms with Gasteiger partial charge in [-0.15, -0.1) is 0 Å². The van der Waals surface area contributed by atoms with Crippen molar-refractivity contribution >= 4 is 11.6 Å². The van der Waals surface area contributed by atoms with Gasteiger partial charge in [0.1, 0.15) is 6.04 Å². The summed E-state index contributed by atoms with van der Waals surface area (Å²) in [5.74, 6) is -4.10. The van der Waals surface area contributed by atoms with Gasteiger partial charge in [-0.2, -0.15) is 0 Å². The topological polar surface area (TPSA) is 41.1 Å². The number of hydrogen-bond donors (Lipinski definition) is 2. The summed E-state index contributed by atoms with van der Waals surface area (Å²) in [6.45, 7) is 5.96. The van der Waals surface area contributed by atoms with Crippen molar-refractivity contribution in [1.82, 2.24) is 5.32 Å². The van der Waals surface area contributed by atoms with E-state index in [-0.39, 0.29) is 11.6 Å². The molecule has 2 N–H and O–H groups in total. The van der Waals surface area contributed by atoms with E-state index in [0.29, 0.717) is 12.5 Å². The van der Waals surface area contributed by atoms with E-state index in [1.165, 1.54) is 0 Å². The number of anilines is 1. The van der Waals surface area contributed by atoms with E-state index in [0.717, 1.165) is 12.1 Å². The second-order valence-corrected chi connectivity index (χ2v) is 4.76. The van der Waals surface area contributed by atoms with Crippen LogP contribution in [0.4, 0.5) is 18.9 Å². The third-order valence-electron chi connectivity index (χ3n) is 2.44. The molecule has 6 heteroatoms. The SMILES string of the molecule is CC(C)CNC(=O)C(C)Nc1cc(F)c(F)c(F)c1. The van der Waals surface area contributed by atoms with E-state index < -0.39 is 23.5 Å². The molecule has 1 unspecified atom stereocenters. The fourth-order valence-corrected chi connectivity index (χ4v) is 1.41. The highest BCUT2D eigenvalue weighted by Crippen LogP contribution is 2.17. The quantitative estimate of drug-likeness (QED) is 0.810. The molecule has 0 spiro atoms. The highest BCUT2D eigenvalue weighted by Gasteiger charge is 2.15. The Hall–Kier alpha value is -1.72. The second-order valence-electron chi connectivity index (χ2n) is 4.76. The van der Waals surface area contributed by atoms with E-state index in [1.54, 1.807) is 6.92 Å². The van der Waals surface area contributed by atoms with Gasteiger partial charge in [-0.1, -0.05) is 13.8 Å². The molecule has 0 aliphatic carbocycles. The van der Waals surface area contributed by atoms with Crippen LogP contribution in [0.3, 0.4) is 0 Å². The first kappa shape index (κ1) is 15.3. The van der Waals surface area contributed by atoms with Gasteiger partial charge < -0.3 is 10.6 Å². The Labute approximate surface area is 110 Å². The van der Waals surface area contributed by atoms with Gasteiger partial charge in [0.2, 0.25) is 5.91 Å².